The van der Waals surface area contributed by atoms with E-state index in [0.29, 0.717) is 6.42 Å². The number of carbonyl (C=O) groups is 1. The monoisotopic (exact) mass is 245 g/mol. The number of hydrogen-bond acceptors (Lipinski definition) is 3. The number of nitrogens with zero attached hydrogens (tertiary/aromatic N) is 1. The second kappa shape index (κ2) is 5.08. The molecule has 2 heterocycles. The van der Waals surface area contributed by atoms with Gasteiger partial charge in [0.15, 0.2) is 0 Å². The van der Waals surface area contributed by atoms with E-state index in [0.717, 1.165) is 39.3 Å². The van der Waals surface area contributed by atoms with Crippen molar-refractivity contribution in [2.24, 2.45) is 0 Å². The van der Waals surface area contributed by atoms with Crippen molar-refractivity contribution in [3.63, 3.8) is 0 Å². The number of piperazine rings is 1. The molecule has 2 aliphatic heterocycles. The third-order valence-corrected chi connectivity index (χ3v) is 3.80. The van der Waals surface area contributed by atoms with Crippen molar-refractivity contribution >= 4 is 5.91 Å². The summed E-state index contributed by atoms with van der Waals surface area (Å²) in [6.07, 6.45) is 0.546. The highest BCUT2D eigenvalue weighted by Gasteiger charge is 2.20. The van der Waals surface area contributed by atoms with E-state index in [-0.39, 0.29) is 5.91 Å². The largest absolute Gasteiger partial charge is 0.340 e. The Labute approximate surface area is 107 Å². The summed E-state index contributed by atoms with van der Waals surface area (Å²) in [5.41, 5.74) is 3.88. The minimum atomic E-state index is 0.261. The van der Waals surface area contributed by atoms with Crippen molar-refractivity contribution in [2.45, 2.75) is 19.5 Å². The Bertz CT molecular complexity index is 452. The van der Waals surface area contributed by atoms with Gasteiger partial charge in [0.25, 0.3) is 0 Å². The normalized spacial score (nSPS) is 18.8. The molecule has 2 N–H and O–H groups in total. The van der Waals surface area contributed by atoms with E-state index in [1.165, 1.54) is 16.7 Å². The molecule has 18 heavy (non-hydrogen) atoms. The van der Waals surface area contributed by atoms with Gasteiger partial charge in [0.1, 0.15) is 0 Å². The van der Waals surface area contributed by atoms with E-state index in [9.17, 15) is 4.79 Å². The van der Waals surface area contributed by atoms with E-state index in [4.69, 9.17) is 0 Å². The van der Waals surface area contributed by atoms with Crippen LogP contribution in [-0.2, 0) is 24.3 Å². The Balaban J connectivity index is 1.72. The second-order valence-electron chi connectivity index (χ2n) is 4.97. The summed E-state index contributed by atoms with van der Waals surface area (Å²) in [6, 6.07) is 6.30. The molecule has 0 bridgehead atoms. The van der Waals surface area contributed by atoms with Gasteiger partial charge in [-0.25, -0.2) is 0 Å². The van der Waals surface area contributed by atoms with E-state index >= 15 is 0 Å². The van der Waals surface area contributed by atoms with Crippen molar-refractivity contribution in [1.82, 2.24) is 15.5 Å². The number of rotatable bonds is 2. The molecule has 1 saturated heterocycles. The second-order valence-corrected chi connectivity index (χ2v) is 4.97. The third kappa shape index (κ3) is 2.26. The maximum Gasteiger partial charge on any atom is 0.227 e. The number of nitrogens with one attached hydrogen (secondary N) is 2. The summed E-state index contributed by atoms with van der Waals surface area (Å²) in [7, 11) is 0. The lowest BCUT2D eigenvalue weighted by atomic mass is 10.0. The van der Waals surface area contributed by atoms with E-state index in [1.54, 1.807) is 0 Å². The summed E-state index contributed by atoms with van der Waals surface area (Å²) in [6.45, 7) is 5.35. The molecule has 0 unspecified atom stereocenters. The Morgan fingerprint density at radius 2 is 2.00 bits per heavy atom. The van der Waals surface area contributed by atoms with Gasteiger partial charge < -0.3 is 15.5 Å². The molecule has 1 aromatic carbocycles. The average molecular weight is 245 g/mol. The number of fused-ring (bicyclic) bond motifs is 1. The van der Waals surface area contributed by atoms with Gasteiger partial charge in [0.2, 0.25) is 5.91 Å². The zero-order chi connectivity index (χ0) is 12.4. The molecule has 4 heteroatoms. The summed E-state index contributed by atoms with van der Waals surface area (Å²) in [5.74, 6) is 0.261. The first-order valence-electron chi connectivity index (χ1n) is 6.63. The van der Waals surface area contributed by atoms with Gasteiger partial charge in [-0.05, 0) is 16.7 Å². The number of amides is 1. The molecule has 96 valence electrons. The van der Waals surface area contributed by atoms with Gasteiger partial charge >= 0.3 is 0 Å². The molecule has 1 fully saturated rings. The van der Waals surface area contributed by atoms with Gasteiger partial charge in [-0.3, -0.25) is 4.79 Å². The van der Waals surface area contributed by atoms with Crippen LogP contribution in [0.1, 0.15) is 16.7 Å². The van der Waals surface area contributed by atoms with Crippen LogP contribution in [-0.4, -0.2) is 37.0 Å². The fourth-order valence-corrected chi connectivity index (χ4v) is 2.76. The number of hydrogen-bond donors (Lipinski definition) is 2. The van der Waals surface area contributed by atoms with Crippen molar-refractivity contribution < 1.29 is 4.79 Å². The maximum atomic E-state index is 12.2. The molecule has 1 amide bonds. The molecule has 2 aliphatic rings. The zero-order valence-corrected chi connectivity index (χ0v) is 10.5. The molecule has 1 aromatic rings. The summed E-state index contributed by atoms with van der Waals surface area (Å²) < 4.78 is 0. The van der Waals surface area contributed by atoms with E-state index in [1.807, 2.05) is 4.90 Å². The standard InChI is InChI=1S/C14H19N3O/c18-14(17-6-4-15-5-7-17)8-11-2-1-3-12-9-16-10-13(11)12/h1-3,15-16H,4-10H2. The van der Waals surface area contributed by atoms with Crippen molar-refractivity contribution in [3.05, 3.63) is 34.9 Å². The van der Waals surface area contributed by atoms with Crippen LogP contribution >= 0.6 is 0 Å². The minimum absolute atomic E-state index is 0.261. The van der Waals surface area contributed by atoms with E-state index < -0.39 is 0 Å². The predicted molar refractivity (Wildman–Crippen MR) is 70.1 cm³/mol. The Morgan fingerprint density at radius 3 is 2.83 bits per heavy atom. The van der Waals surface area contributed by atoms with Crippen LogP contribution in [0.4, 0.5) is 0 Å². The number of benzene rings is 1. The number of carbonyl (C=O) groups excluding carboxylic acids is 1. The van der Waals surface area contributed by atoms with E-state index in [2.05, 4.69) is 28.8 Å². The lowest BCUT2D eigenvalue weighted by molar-refractivity contribution is -0.131. The highest BCUT2D eigenvalue weighted by molar-refractivity contribution is 5.79. The molecule has 0 radical (unpaired) electrons. The van der Waals surface area contributed by atoms with Gasteiger partial charge in [-0.15, -0.1) is 0 Å². The molecule has 0 spiro atoms. The van der Waals surface area contributed by atoms with Gasteiger partial charge in [-0.1, -0.05) is 18.2 Å². The van der Waals surface area contributed by atoms with Crippen LogP contribution in [0.2, 0.25) is 0 Å². The molecule has 0 saturated carbocycles. The first-order valence-corrected chi connectivity index (χ1v) is 6.63. The fraction of sp³-hybridized carbons (Fsp3) is 0.500. The van der Waals surface area contributed by atoms with Gasteiger partial charge in [0, 0.05) is 39.3 Å². The van der Waals surface area contributed by atoms with Crippen LogP contribution < -0.4 is 10.6 Å². The van der Waals surface area contributed by atoms with Crippen molar-refractivity contribution in [3.8, 4) is 0 Å². The SMILES string of the molecule is O=C(Cc1cccc2c1CNC2)N1CCNCC1. The van der Waals surface area contributed by atoms with Crippen molar-refractivity contribution in [2.75, 3.05) is 26.2 Å². The molecule has 3 rings (SSSR count). The summed E-state index contributed by atoms with van der Waals surface area (Å²) in [4.78, 5) is 14.2. The van der Waals surface area contributed by atoms with Crippen molar-refractivity contribution in [1.29, 1.82) is 0 Å². The van der Waals surface area contributed by atoms with Crippen LogP contribution in [0.15, 0.2) is 18.2 Å². The lowest BCUT2D eigenvalue weighted by Gasteiger charge is -2.27. The average Bonchev–Trinajstić information content (AvgIpc) is 2.89. The molecular formula is C14H19N3O. The lowest BCUT2D eigenvalue weighted by Crippen LogP contribution is -2.47. The van der Waals surface area contributed by atoms with Crippen LogP contribution in [0.3, 0.4) is 0 Å². The molecule has 0 aliphatic carbocycles. The predicted octanol–water partition coefficient (Wildman–Crippen LogP) is 0.264. The van der Waals surface area contributed by atoms with Gasteiger partial charge in [-0.2, -0.15) is 0 Å². The maximum absolute atomic E-state index is 12.2. The quantitative estimate of drug-likeness (QED) is 0.786. The Hall–Kier alpha value is -1.39. The van der Waals surface area contributed by atoms with Gasteiger partial charge in [0.05, 0.1) is 6.42 Å². The molecule has 4 nitrogen and oxygen atoms in total. The minimum Gasteiger partial charge on any atom is -0.340 e. The molecule has 0 aromatic heterocycles. The summed E-state index contributed by atoms with van der Waals surface area (Å²) in [5, 5.41) is 6.62. The first kappa shape index (κ1) is 11.7. The summed E-state index contributed by atoms with van der Waals surface area (Å²) >= 11 is 0. The molecule has 0 atom stereocenters. The van der Waals surface area contributed by atoms with Crippen LogP contribution in [0.5, 0.6) is 0 Å². The third-order valence-electron chi connectivity index (χ3n) is 3.80. The first-order chi connectivity index (χ1) is 8.84. The van der Waals surface area contributed by atoms with Crippen LogP contribution in [0, 0.1) is 0 Å². The van der Waals surface area contributed by atoms with Crippen LogP contribution in [0.25, 0.3) is 0 Å². The zero-order valence-electron chi connectivity index (χ0n) is 10.5. The topological polar surface area (TPSA) is 44.4 Å². The fourth-order valence-electron chi connectivity index (χ4n) is 2.76. The Kier molecular flexibility index (Phi) is 3.30. The highest BCUT2D eigenvalue weighted by Crippen LogP contribution is 2.20. The molecular weight excluding hydrogens is 226 g/mol. The smallest absolute Gasteiger partial charge is 0.227 e. The highest BCUT2D eigenvalue weighted by atomic mass is 16.2. The Morgan fingerprint density at radius 1 is 1.17 bits per heavy atom.